The monoisotopic (exact) mass is 324 g/mol. The van der Waals surface area contributed by atoms with E-state index in [-0.39, 0.29) is 5.91 Å². The molecule has 2 aliphatic rings. The summed E-state index contributed by atoms with van der Waals surface area (Å²) in [5.41, 5.74) is 5.36. The van der Waals surface area contributed by atoms with E-state index in [1.165, 1.54) is 23.2 Å². The van der Waals surface area contributed by atoms with Crippen LogP contribution in [-0.2, 0) is 12.8 Å². The van der Waals surface area contributed by atoms with Gasteiger partial charge in [-0.05, 0) is 44.7 Å². The highest BCUT2D eigenvalue weighted by molar-refractivity contribution is 5.94. The number of piperazine rings is 1. The summed E-state index contributed by atoms with van der Waals surface area (Å²) >= 11 is 0. The van der Waals surface area contributed by atoms with Gasteiger partial charge in [-0.3, -0.25) is 4.79 Å². The van der Waals surface area contributed by atoms with E-state index in [0.29, 0.717) is 5.69 Å². The van der Waals surface area contributed by atoms with Crippen molar-refractivity contribution in [2.75, 3.05) is 26.2 Å². The summed E-state index contributed by atoms with van der Waals surface area (Å²) in [6.07, 6.45) is 4.29. The van der Waals surface area contributed by atoms with Crippen LogP contribution in [0.25, 0.3) is 5.69 Å². The van der Waals surface area contributed by atoms with Crippen molar-refractivity contribution < 1.29 is 4.79 Å². The summed E-state index contributed by atoms with van der Waals surface area (Å²) in [5.74, 6) is 0.0977. The van der Waals surface area contributed by atoms with Gasteiger partial charge in [0, 0.05) is 37.4 Å². The summed E-state index contributed by atoms with van der Waals surface area (Å²) in [6.45, 7) is 5.36. The molecular formula is C19H24N4O. The molecule has 1 saturated heterocycles. The molecule has 0 spiro atoms. The number of hydrogen-bond acceptors (Lipinski definition) is 3. The first-order valence-electron chi connectivity index (χ1n) is 8.92. The van der Waals surface area contributed by atoms with E-state index in [2.05, 4.69) is 36.5 Å². The average molecular weight is 324 g/mol. The second-order valence-electron chi connectivity index (χ2n) is 6.77. The first-order valence-corrected chi connectivity index (χ1v) is 8.92. The number of aromatic nitrogens is 2. The topological polar surface area (TPSA) is 50.2 Å². The van der Waals surface area contributed by atoms with Crippen LogP contribution in [0.1, 0.15) is 40.2 Å². The molecule has 1 aliphatic heterocycles. The van der Waals surface area contributed by atoms with Gasteiger partial charge in [-0.25, -0.2) is 4.68 Å². The molecule has 0 atom stereocenters. The van der Waals surface area contributed by atoms with E-state index in [9.17, 15) is 4.79 Å². The molecule has 1 aromatic heterocycles. The molecule has 24 heavy (non-hydrogen) atoms. The number of hydrogen-bond donors (Lipinski definition) is 1. The summed E-state index contributed by atoms with van der Waals surface area (Å²) in [5, 5.41) is 8.07. The van der Waals surface area contributed by atoms with Crippen LogP contribution >= 0.6 is 0 Å². The number of benzene rings is 1. The van der Waals surface area contributed by atoms with Crippen molar-refractivity contribution in [2.24, 2.45) is 0 Å². The van der Waals surface area contributed by atoms with E-state index < -0.39 is 0 Å². The Hall–Kier alpha value is -2.14. The number of rotatable bonds is 2. The molecule has 5 heteroatoms. The molecule has 0 radical (unpaired) electrons. The van der Waals surface area contributed by atoms with E-state index in [1.54, 1.807) is 0 Å². The Morgan fingerprint density at radius 2 is 1.79 bits per heavy atom. The Labute approximate surface area is 142 Å². The standard InChI is InChI=1S/C19H24N4O/c1-14-6-8-15(9-7-14)23-17-5-3-2-4-16(17)18(21-23)19(24)22-12-10-20-11-13-22/h6-9,20H,2-5,10-13H2,1H3. The fraction of sp³-hybridized carbons (Fsp3) is 0.474. The van der Waals surface area contributed by atoms with Crippen LogP contribution in [0.5, 0.6) is 0 Å². The predicted octanol–water partition coefficient (Wildman–Crippen LogP) is 2.10. The van der Waals surface area contributed by atoms with Crippen LogP contribution in [0.15, 0.2) is 24.3 Å². The fourth-order valence-electron chi connectivity index (χ4n) is 3.69. The highest BCUT2D eigenvalue weighted by atomic mass is 16.2. The quantitative estimate of drug-likeness (QED) is 0.920. The maximum atomic E-state index is 13.0. The summed E-state index contributed by atoms with van der Waals surface area (Å²) in [4.78, 5) is 14.9. The number of amides is 1. The lowest BCUT2D eigenvalue weighted by Gasteiger charge is -2.27. The number of nitrogens with zero attached hydrogens (tertiary/aromatic N) is 3. The summed E-state index contributed by atoms with van der Waals surface area (Å²) < 4.78 is 2.00. The van der Waals surface area contributed by atoms with Crippen molar-refractivity contribution in [3.63, 3.8) is 0 Å². The van der Waals surface area contributed by atoms with E-state index in [4.69, 9.17) is 5.10 Å². The Morgan fingerprint density at radius 1 is 1.08 bits per heavy atom. The number of carbonyl (C=O) groups excluding carboxylic acids is 1. The van der Waals surface area contributed by atoms with Crippen molar-refractivity contribution in [1.82, 2.24) is 20.0 Å². The number of nitrogens with one attached hydrogen (secondary N) is 1. The molecule has 1 amide bonds. The van der Waals surface area contributed by atoms with Crippen molar-refractivity contribution >= 4 is 5.91 Å². The smallest absolute Gasteiger partial charge is 0.274 e. The van der Waals surface area contributed by atoms with Gasteiger partial charge < -0.3 is 10.2 Å². The Balaban J connectivity index is 1.74. The third kappa shape index (κ3) is 2.73. The Morgan fingerprint density at radius 3 is 2.54 bits per heavy atom. The zero-order chi connectivity index (χ0) is 16.5. The highest BCUT2D eigenvalue weighted by Crippen LogP contribution is 2.28. The first kappa shape index (κ1) is 15.4. The third-order valence-electron chi connectivity index (χ3n) is 5.07. The zero-order valence-electron chi connectivity index (χ0n) is 14.2. The van der Waals surface area contributed by atoms with Crippen molar-refractivity contribution in [2.45, 2.75) is 32.6 Å². The number of carbonyl (C=O) groups is 1. The maximum Gasteiger partial charge on any atom is 0.274 e. The molecule has 1 N–H and O–H groups in total. The summed E-state index contributed by atoms with van der Waals surface area (Å²) in [7, 11) is 0. The molecule has 0 unspecified atom stereocenters. The van der Waals surface area contributed by atoms with Gasteiger partial charge in [0.15, 0.2) is 5.69 Å². The van der Waals surface area contributed by atoms with Gasteiger partial charge in [0.2, 0.25) is 0 Å². The van der Waals surface area contributed by atoms with Crippen LogP contribution < -0.4 is 5.32 Å². The second kappa shape index (κ2) is 6.40. The minimum absolute atomic E-state index is 0.0977. The maximum absolute atomic E-state index is 13.0. The van der Waals surface area contributed by atoms with Gasteiger partial charge in [-0.2, -0.15) is 5.10 Å². The van der Waals surface area contributed by atoms with Crippen LogP contribution in [0, 0.1) is 6.92 Å². The molecule has 2 heterocycles. The Kier molecular flexibility index (Phi) is 4.10. The molecule has 0 saturated carbocycles. The van der Waals surface area contributed by atoms with Crippen LogP contribution in [-0.4, -0.2) is 46.8 Å². The van der Waals surface area contributed by atoms with Gasteiger partial charge in [0.25, 0.3) is 5.91 Å². The van der Waals surface area contributed by atoms with Crippen LogP contribution in [0.3, 0.4) is 0 Å². The minimum Gasteiger partial charge on any atom is -0.335 e. The van der Waals surface area contributed by atoms with Crippen molar-refractivity contribution in [3.05, 3.63) is 46.8 Å². The van der Waals surface area contributed by atoms with Crippen LogP contribution in [0.4, 0.5) is 0 Å². The highest BCUT2D eigenvalue weighted by Gasteiger charge is 2.28. The van der Waals surface area contributed by atoms with Gasteiger partial charge in [-0.15, -0.1) is 0 Å². The lowest BCUT2D eigenvalue weighted by Crippen LogP contribution is -2.46. The molecule has 1 fully saturated rings. The lowest BCUT2D eigenvalue weighted by atomic mass is 9.95. The normalized spacial score (nSPS) is 17.6. The zero-order valence-corrected chi connectivity index (χ0v) is 14.2. The molecule has 5 nitrogen and oxygen atoms in total. The van der Waals surface area contributed by atoms with E-state index in [1.807, 2.05) is 9.58 Å². The molecule has 2 aromatic rings. The van der Waals surface area contributed by atoms with E-state index >= 15 is 0 Å². The number of fused-ring (bicyclic) bond motifs is 1. The van der Waals surface area contributed by atoms with Gasteiger partial charge in [-0.1, -0.05) is 17.7 Å². The lowest BCUT2D eigenvalue weighted by molar-refractivity contribution is 0.0728. The van der Waals surface area contributed by atoms with Crippen molar-refractivity contribution in [1.29, 1.82) is 0 Å². The van der Waals surface area contributed by atoms with Gasteiger partial charge >= 0.3 is 0 Å². The van der Waals surface area contributed by atoms with Gasteiger partial charge in [0.1, 0.15) is 0 Å². The van der Waals surface area contributed by atoms with Crippen molar-refractivity contribution in [3.8, 4) is 5.69 Å². The SMILES string of the molecule is Cc1ccc(-n2nc(C(=O)N3CCNCC3)c3c2CCCC3)cc1. The molecule has 0 bridgehead atoms. The molecule has 1 aromatic carbocycles. The Bertz CT molecular complexity index is 741. The predicted molar refractivity (Wildman–Crippen MR) is 93.7 cm³/mol. The molecule has 4 rings (SSSR count). The van der Waals surface area contributed by atoms with Crippen LogP contribution in [0.2, 0.25) is 0 Å². The second-order valence-corrected chi connectivity index (χ2v) is 6.77. The fourth-order valence-corrected chi connectivity index (χ4v) is 3.69. The largest absolute Gasteiger partial charge is 0.335 e. The first-order chi connectivity index (χ1) is 11.7. The van der Waals surface area contributed by atoms with Gasteiger partial charge in [0.05, 0.1) is 5.69 Å². The number of aryl methyl sites for hydroxylation is 1. The average Bonchev–Trinajstić information content (AvgIpc) is 3.02. The molecular weight excluding hydrogens is 300 g/mol. The molecule has 126 valence electrons. The van der Waals surface area contributed by atoms with E-state index in [0.717, 1.165) is 51.1 Å². The third-order valence-corrected chi connectivity index (χ3v) is 5.07. The molecule has 1 aliphatic carbocycles. The minimum atomic E-state index is 0.0977. The summed E-state index contributed by atoms with van der Waals surface area (Å²) in [6, 6.07) is 8.39.